The van der Waals surface area contributed by atoms with Crippen LogP contribution in [0.4, 0.5) is 0 Å². The number of nitrogens with two attached hydrogens (primary N) is 1. The maximum atomic E-state index is 13.1. The molecule has 0 bridgehead atoms. The van der Waals surface area contributed by atoms with E-state index < -0.39 is 18.1 Å². The highest BCUT2D eigenvalue weighted by Gasteiger charge is 2.36. The van der Waals surface area contributed by atoms with Gasteiger partial charge in [-0.25, -0.2) is 0 Å². The molecule has 0 aromatic heterocycles. The number of primary amides is 1. The summed E-state index contributed by atoms with van der Waals surface area (Å²) in [7, 11) is 1.78. The molecule has 0 aliphatic heterocycles. The molecular weight excluding hydrogens is 425 g/mol. The average molecular weight is 450 g/mol. The van der Waals surface area contributed by atoms with Crippen molar-refractivity contribution in [1.29, 1.82) is 0 Å². The molecule has 1 aliphatic carbocycles. The maximum Gasteiger partial charge on any atom is 0.237 e. The summed E-state index contributed by atoms with van der Waals surface area (Å²) in [6.45, 7) is 0.678. The van der Waals surface area contributed by atoms with Gasteiger partial charge in [-0.2, -0.15) is 0 Å². The van der Waals surface area contributed by atoms with Gasteiger partial charge < -0.3 is 15.7 Å². The molecule has 0 radical (unpaired) electrons. The molecule has 3 rings (SSSR count). The fraction of sp³-hybridized carbons (Fsp3) is 0.364. The minimum atomic E-state index is -0.693. The summed E-state index contributed by atoms with van der Waals surface area (Å²) in [6, 6.07) is 12.6. The molecule has 2 amide bonds. The van der Waals surface area contributed by atoms with Crippen molar-refractivity contribution in [2.75, 3.05) is 20.1 Å². The molecule has 30 heavy (non-hydrogen) atoms. The molecule has 2 aromatic carbocycles. The maximum absolute atomic E-state index is 13.1. The molecular formula is C22H25Cl2N3O3. The number of hydrogen-bond acceptors (Lipinski definition) is 4. The zero-order chi connectivity index (χ0) is 21.8. The Bertz CT molecular complexity index is 923. The topological polar surface area (TPSA) is 86.9 Å². The van der Waals surface area contributed by atoms with Gasteiger partial charge in [0.05, 0.1) is 18.7 Å². The van der Waals surface area contributed by atoms with Crippen LogP contribution in [0.2, 0.25) is 10.0 Å². The van der Waals surface area contributed by atoms with Gasteiger partial charge in [-0.1, -0.05) is 53.5 Å². The lowest BCUT2D eigenvalue weighted by Crippen LogP contribution is -2.42. The Labute approximate surface area is 186 Å². The van der Waals surface area contributed by atoms with Crippen molar-refractivity contribution >= 4 is 35.0 Å². The van der Waals surface area contributed by atoms with E-state index in [1.807, 2.05) is 30.3 Å². The van der Waals surface area contributed by atoms with Crippen LogP contribution < -0.4 is 5.73 Å². The Kier molecular flexibility index (Phi) is 7.36. The number of hydrogen-bond donors (Lipinski definition) is 2. The molecule has 2 aromatic rings. The molecule has 0 saturated heterocycles. The van der Waals surface area contributed by atoms with Crippen LogP contribution in [0.25, 0.3) is 0 Å². The number of carbonyl (C=O) groups is 2. The highest BCUT2D eigenvalue weighted by molar-refractivity contribution is 6.35. The van der Waals surface area contributed by atoms with Crippen molar-refractivity contribution in [2.45, 2.75) is 31.5 Å². The summed E-state index contributed by atoms with van der Waals surface area (Å²) in [5.74, 6) is -0.616. The summed E-state index contributed by atoms with van der Waals surface area (Å²) in [6.07, 6.45) is -0.200. The average Bonchev–Trinajstić information content (AvgIpc) is 3.02. The van der Waals surface area contributed by atoms with E-state index in [1.165, 1.54) is 0 Å². The Morgan fingerprint density at radius 3 is 2.57 bits per heavy atom. The lowest BCUT2D eigenvalue weighted by Gasteiger charge is -2.30. The second kappa shape index (κ2) is 9.79. The smallest absolute Gasteiger partial charge is 0.237 e. The number of aliphatic hydroxyl groups is 1. The SMILES string of the molecule is CN(CC(=O)N(CCC(N)=O)Cc1ccccc1)[C@H]1c2cc(Cl)cc(Cl)c2C[C@H]1O. The summed E-state index contributed by atoms with van der Waals surface area (Å²) < 4.78 is 0. The van der Waals surface area contributed by atoms with E-state index in [0.717, 1.165) is 16.7 Å². The monoisotopic (exact) mass is 449 g/mol. The first-order chi connectivity index (χ1) is 14.3. The van der Waals surface area contributed by atoms with Crippen molar-refractivity contribution in [3.05, 3.63) is 69.2 Å². The number of likely N-dealkylation sites (N-methyl/N-ethyl adjacent to an activating group) is 1. The van der Waals surface area contributed by atoms with Crippen LogP contribution in [0.3, 0.4) is 0 Å². The third-order valence-corrected chi connectivity index (χ3v) is 5.90. The third-order valence-electron chi connectivity index (χ3n) is 5.35. The van der Waals surface area contributed by atoms with Crippen molar-refractivity contribution in [3.8, 4) is 0 Å². The number of nitrogens with zero attached hydrogens (tertiary/aromatic N) is 2. The molecule has 1 aliphatic rings. The van der Waals surface area contributed by atoms with E-state index in [2.05, 4.69) is 0 Å². The van der Waals surface area contributed by atoms with E-state index >= 15 is 0 Å². The molecule has 6 nitrogen and oxygen atoms in total. The lowest BCUT2D eigenvalue weighted by atomic mass is 10.1. The number of benzene rings is 2. The number of fused-ring (bicyclic) bond motifs is 1. The molecule has 0 unspecified atom stereocenters. The summed E-state index contributed by atoms with van der Waals surface area (Å²) in [5, 5.41) is 11.6. The van der Waals surface area contributed by atoms with Gasteiger partial charge >= 0.3 is 0 Å². The van der Waals surface area contributed by atoms with Gasteiger partial charge in [0.15, 0.2) is 0 Å². The van der Waals surface area contributed by atoms with Crippen LogP contribution >= 0.6 is 23.2 Å². The van der Waals surface area contributed by atoms with Gasteiger partial charge in [0.25, 0.3) is 0 Å². The second-order valence-electron chi connectivity index (χ2n) is 7.60. The Hall–Kier alpha value is -2.12. The molecule has 3 N–H and O–H groups in total. The summed E-state index contributed by atoms with van der Waals surface area (Å²) in [4.78, 5) is 27.8. The van der Waals surface area contributed by atoms with Gasteiger partial charge in [-0.05, 0) is 35.9 Å². The van der Waals surface area contributed by atoms with Crippen molar-refractivity contribution in [1.82, 2.24) is 9.80 Å². The molecule has 0 saturated carbocycles. The van der Waals surface area contributed by atoms with Crippen LogP contribution in [-0.2, 0) is 22.6 Å². The third kappa shape index (κ3) is 5.32. The van der Waals surface area contributed by atoms with Gasteiger partial charge in [-0.15, -0.1) is 0 Å². The Morgan fingerprint density at radius 2 is 1.90 bits per heavy atom. The van der Waals surface area contributed by atoms with E-state index in [9.17, 15) is 14.7 Å². The zero-order valence-electron chi connectivity index (χ0n) is 16.7. The molecule has 8 heteroatoms. The van der Waals surface area contributed by atoms with Crippen molar-refractivity contribution < 1.29 is 14.7 Å². The van der Waals surface area contributed by atoms with Gasteiger partial charge in [0, 0.05) is 36.0 Å². The van der Waals surface area contributed by atoms with E-state index in [4.69, 9.17) is 28.9 Å². The second-order valence-corrected chi connectivity index (χ2v) is 8.45. The lowest BCUT2D eigenvalue weighted by molar-refractivity contribution is -0.134. The van der Waals surface area contributed by atoms with Gasteiger partial charge in [0.1, 0.15) is 0 Å². The van der Waals surface area contributed by atoms with Crippen LogP contribution in [0.15, 0.2) is 42.5 Å². The number of halogens is 2. The van der Waals surface area contributed by atoms with E-state index in [1.54, 1.807) is 29.0 Å². The van der Waals surface area contributed by atoms with Crippen LogP contribution in [0, 0.1) is 0 Å². The normalized spacial score (nSPS) is 17.8. The van der Waals surface area contributed by atoms with Crippen LogP contribution in [0.5, 0.6) is 0 Å². The van der Waals surface area contributed by atoms with Crippen molar-refractivity contribution in [3.63, 3.8) is 0 Å². The van der Waals surface area contributed by atoms with E-state index in [-0.39, 0.29) is 25.4 Å². The number of amides is 2. The predicted molar refractivity (Wildman–Crippen MR) is 117 cm³/mol. The van der Waals surface area contributed by atoms with Gasteiger partial charge in [-0.3, -0.25) is 14.5 Å². The molecule has 2 atom stereocenters. The van der Waals surface area contributed by atoms with Gasteiger partial charge in [0.2, 0.25) is 11.8 Å². The Balaban J connectivity index is 1.76. The highest BCUT2D eigenvalue weighted by atomic mass is 35.5. The summed E-state index contributed by atoms with van der Waals surface area (Å²) >= 11 is 12.5. The summed E-state index contributed by atoms with van der Waals surface area (Å²) in [5.41, 5.74) is 7.94. The number of aliphatic hydroxyl groups excluding tert-OH is 1. The number of carbonyl (C=O) groups excluding carboxylic acids is 2. The first-order valence-corrected chi connectivity index (χ1v) is 10.5. The minimum Gasteiger partial charge on any atom is -0.391 e. The number of rotatable bonds is 8. The Morgan fingerprint density at radius 1 is 1.20 bits per heavy atom. The molecule has 0 spiro atoms. The highest BCUT2D eigenvalue weighted by Crippen LogP contribution is 2.40. The molecule has 0 heterocycles. The standard InChI is InChI=1S/C22H25Cl2N3O3/c1-26(22-17-9-15(23)10-18(24)16(17)11-19(22)28)13-21(30)27(8-7-20(25)29)12-14-5-3-2-4-6-14/h2-6,9-10,19,22,28H,7-8,11-13H2,1H3,(H2,25,29)/t19-,22+/m1/s1. The zero-order valence-corrected chi connectivity index (χ0v) is 18.2. The predicted octanol–water partition coefficient (Wildman–Crippen LogP) is 2.79. The fourth-order valence-corrected chi connectivity index (χ4v) is 4.50. The van der Waals surface area contributed by atoms with E-state index in [0.29, 0.717) is 23.0 Å². The quantitative estimate of drug-likeness (QED) is 0.648. The van der Waals surface area contributed by atoms with Crippen LogP contribution in [-0.4, -0.2) is 53.0 Å². The largest absolute Gasteiger partial charge is 0.391 e. The first-order valence-electron chi connectivity index (χ1n) is 9.72. The minimum absolute atomic E-state index is 0.0664. The molecule has 160 valence electrons. The fourth-order valence-electron chi connectivity index (χ4n) is 3.91. The van der Waals surface area contributed by atoms with Crippen LogP contribution in [0.1, 0.15) is 29.2 Å². The first kappa shape index (κ1) is 22.6. The van der Waals surface area contributed by atoms with Crippen molar-refractivity contribution in [2.24, 2.45) is 5.73 Å². The molecule has 0 fully saturated rings.